The maximum Gasteiger partial charge on any atom is 0.229 e. The molecule has 18 heavy (non-hydrogen) atoms. The Morgan fingerprint density at radius 3 is 2.50 bits per heavy atom. The molecular weight excluding hydrogens is 226 g/mol. The summed E-state index contributed by atoms with van der Waals surface area (Å²) in [7, 11) is 1.79. The van der Waals surface area contributed by atoms with Crippen LogP contribution in [0.4, 0.5) is 5.69 Å². The molecule has 0 aromatic heterocycles. The van der Waals surface area contributed by atoms with E-state index >= 15 is 0 Å². The quantitative estimate of drug-likeness (QED) is 0.814. The average Bonchev–Trinajstić information content (AvgIpc) is 2.66. The Morgan fingerprint density at radius 1 is 1.22 bits per heavy atom. The van der Waals surface area contributed by atoms with Crippen LogP contribution in [0.1, 0.15) is 38.5 Å². The second kappa shape index (κ2) is 5.89. The van der Waals surface area contributed by atoms with Crippen LogP contribution in [0.5, 0.6) is 5.75 Å². The highest BCUT2D eigenvalue weighted by Gasteiger charge is 2.23. The van der Waals surface area contributed by atoms with Crippen LogP contribution in [-0.4, -0.2) is 18.1 Å². The normalized spacial score (nSPS) is 17.2. The average molecular weight is 247 g/mol. The van der Waals surface area contributed by atoms with Crippen molar-refractivity contribution in [1.82, 2.24) is 0 Å². The number of phenolic OH excluding ortho intramolecular Hbond substituents is 1. The van der Waals surface area contributed by atoms with Crippen molar-refractivity contribution < 1.29 is 9.90 Å². The summed E-state index contributed by atoms with van der Waals surface area (Å²) in [6.07, 6.45) is 6.82. The van der Waals surface area contributed by atoms with Crippen molar-refractivity contribution in [2.24, 2.45) is 5.92 Å². The number of anilines is 1. The lowest BCUT2D eigenvalue weighted by molar-refractivity contribution is -0.122. The summed E-state index contributed by atoms with van der Waals surface area (Å²) in [6, 6.07) is 6.87. The van der Waals surface area contributed by atoms with E-state index in [2.05, 4.69) is 0 Å². The van der Waals surface area contributed by atoms with E-state index < -0.39 is 0 Å². The molecule has 0 atom stereocenters. The topological polar surface area (TPSA) is 40.5 Å². The van der Waals surface area contributed by atoms with Gasteiger partial charge in [-0.05, 0) is 25.0 Å². The van der Waals surface area contributed by atoms with Crippen molar-refractivity contribution in [3.8, 4) is 5.75 Å². The van der Waals surface area contributed by atoms with Crippen LogP contribution in [0, 0.1) is 5.92 Å². The minimum atomic E-state index is 0.153. The van der Waals surface area contributed by atoms with Gasteiger partial charge in [-0.25, -0.2) is 0 Å². The highest BCUT2D eigenvalue weighted by Crippen LogP contribution is 2.27. The Hall–Kier alpha value is -1.51. The maximum atomic E-state index is 12.4. The number of phenols is 1. The minimum Gasteiger partial charge on any atom is -0.508 e. The van der Waals surface area contributed by atoms with Gasteiger partial charge in [0.2, 0.25) is 5.91 Å². The molecule has 0 heterocycles. The molecule has 1 N–H and O–H groups in total. The summed E-state index contributed by atoms with van der Waals surface area (Å²) < 4.78 is 0. The molecule has 3 heteroatoms. The molecule has 1 aliphatic rings. The number of hydrogen-bond donors (Lipinski definition) is 1. The summed E-state index contributed by atoms with van der Waals surface area (Å²) in [4.78, 5) is 14.1. The number of benzene rings is 1. The lowest BCUT2D eigenvalue weighted by atomic mass is 9.98. The summed E-state index contributed by atoms with van der Waals surface area (Å²) in [5.74, 6) is 0.537. The van der Waals surface area contributed by atoms with Crippen molar-refractivity contribution >= 4 is 11.6 Å². The fourth-order valence-electron chi connectivity index (χ4n) is 2.63. The number of carbonyl (C=O) groups excluding carboxylic acids is 1. The van der Waals surface area contributed by atoms with Crippen LogP contribution < -0.4 is 4.90 Å². The summed E-state index contributed by atoms with van der Waals surface area (Å²) in [5, 5.41) is 9.46. The summed E-state index contributed by atoms with van der Waals surface area (Å²) in [6.45, 7) is 0. The van der Waals surface area contributed by atoms with Crippen LogP contribution in [0.25, 0.3) is 0 Å². The standard InChI is InChI=1S/C15H21NO2/c1-16(13-9-6-10-14(17)11-13)15(18)12-7-4-2-3-5-8-12/h6,9-12,17H,2-5,7-8H2,1H3. The molecule has 1 amide bonds. The van der Waals surface area contributed by atoms with Gasteiger partial charge in [0.05, 0.1) is 0 Å². The molecule has 1 saturated carbocycles. The molecule has 2 rings (SSSR count). The molecule has 1 aliphatic carbocycles. The third-order valence-corrected chi connectivity index (χ3v) is 3.75. The third kappa shape index (κ3) is 3.03. The highest BCUT2D eigenvalue weighted by molar-refractivity contribution is 5.94. The van der Waals surface area contributed by atoms with Gasteiger partial charge in [0.15, 0.2) is 0 Å². The molecular formula is C15H21NO2. The van der Waals surface area contributed by atoms with Crippen molar-refractivity contribution in [1.29, 1.82) is 0 Å². The Balaban J connectivity index is 2.07. The predicted octanol–water partition coefficient (Wildman–Crippen LogP) is 3.33. The monoisotopic (exact) mass is 247 g/mol. The van der Waals surface area contributed by atoms with Gasteiger partial charge in [-0.15, -0.1) is 0 Å². The van der Waals surface area contributed by atoms with Crippen LogP contribution >= 0.6 is 0 Å². The zero-order valence-corrected chi connectivity index (χ0v) is 10.9. The van der Waals surface area contributed by atoms with E-state index in [1.54, 1.807) is 30.1 Å². The van der Waals surface area contributed by atoms with E-state index in [1.165, 1.54) is 12.8 Å². The van der Waals surface area contributed by atoms with Crippen molar-refractivity contribution in [3.05, 3.63) is 24.3 Å². The lowest BCUT2D eigenvalue weighted by Crippen LogP contribution is -2.32. The zero-order valence-electron chi connectivity index (χ0n) is 10.9. The molecule has 0 aliphatic heterocycles. The number of aromatic hydroxyl groups is 1. The Labute approximate surface area is 108 Å². The summed E-state index contributed by atoms with van der Waals surface area (Å²) >= 11 is 0. The Bertz CT molecular complexity index is 409. The van der Waals surface area contributed by atoms with Crippen molar-refractivity contribution in [2.75, 3.05) is 11.9 Å². The smallest absolute Gasteiger partial charge is 0.229 e. The van der Waals surface area contributed by atoms with Gasteiger partial charge in [0, 0.05) is 24.7 Å². The second-order valence-corrected chi connectivity index (χ2v) is 5.11. The molecule has 0 bridgehead atoms. The van der Waals surface area contributed by atoms with Gasteiger partial charge in [0.1, 0.15) is 5.75 Å². The number of nitrogens with zero attached hydrogens (tertiary/aromatic N) is 1. The van der Waals surface area contributed by atoms with Crippen LogP contribution in [0.15, 0.2) is 24.3 Å². The third-order valence-electron chi connectivity index (χ3n) is 3.75. The maximum absolute atomic E-state index is 12.4. The molecule has 0 spiro atoms. The first-order valence-electron chi connectivity index (χ1n) is 6.75. The van der Waals surface area contributed by atoms with Crippen molar-refractivity contribution in [2.45, 2.75) is 38.5 Å². The van der Waals surface area contributed by atoms with Gasteiger partial charge in [-0.3, -0.25) is 4.79 Å². The molecule has 1 fully saturated rings. The molecule has 0 saturated heterocycles. The Kier molecular flexibility index (Phi) is 4.24. The molecule has 1 aromatic rings. The number of hydrogen-bond acceptors (Lipinski definition) is 2. The molecule has 0 radical (unpaired) electrons. The zero-order chi connectivity index (χ0) is 13.0. The van der Waals surface area contributed by atoms with E-state index in [0.717, 1.165) is 31.4 Å². The second-order valence-electron chi connectivity index (χ2n) is 5.11. The number of amides is 1. The minimum absolute atomic E-state index is 0.153. The van der Waals surface area contributed by atoms with Gasteiger partial charge >= 0.3 is 0 Å². The Morgan fingerprint density at radius 2 is 1.89 bits per heavy atom. The van der Waals surface area contributed by atoms with Gasteiger partial charge in [-0.1, -0.05) is 31.7 Å². The highest BCUT2D eigenvalue weighted by atomic mass is 16.3. The van der Waals surface area contributed by atoms with E-state index in [9.17, 15) is 9.90 Å². The van der Waals surface area contributed by atoms with Crippen LogP contribution in [0.3, 0.4) is 0 Å². The SMILES string of the molecule is CN(C(=O)C1CCCCCC1)c1cccc(O)c1. The van der Waals surface area contributed by atoms with E-state index in [-0.39, 0.29) is 17.6 Å². The van der Waals surface area contributed by atoms with Gasteiger partial charge < -0.3 is 10.0 Å². The first kappa shape index (κ1) is 12.9. The predicted molar refractivity (Wildman–Crippen MR) is 72.7 cm³/mol. The molecule has 3 nitrogen and oxygen atoms in total. The van der Waals surface area contributed by atoms with E-state index in [1.807, 2.05) is 6.07 Å². The first-order chi connectivity index (χ1) is 8.68. The van der Waals surface area contributed by atoms with E-state index in [4.69, 9.17) is 0 Å². The van der Waals surface area contributed by atoms with Gasteiger partial charge in [0.25, 0.3) is 0 Å². The van der Waals surface area contributed by atoms with Crippen molar-refractivity contribution in [3.63, 3.8) is 0 Å². The number of rotatable bonds is 2. The first-order valence-corrected chi connectivity index (χ1v) is 6.75. The molecule has 0 unspecified atom stereocenters. The number of carbonyl (C=O) groups is 1. The molecule has 1 aromatic carbocycles. The van der Waals surface area contributed by atoms with Crippen LogP contribution in [-0.2, 0) is 4.79 Å². The fourth-order valence-corrected chi connectivity index (χ4v) is 2.63. The van der Waals surface area contributed by atoms with E-state index in [0.29, 0.717) is 0 Å². The largest absolute Gasteiger partial charge is 0.508 e. The lowest BCUT2D eigenvalue weighted by Gasteiger charge is -2.23. The van der Waals surface area contributed by atoms with Crippen LogP contribution in [0.2, 0.25) is 0 Å². The van der Waals surface area contributed by atoms with Gasteiger partial charge in [-0.2, -0.15) is 0 Å². The fraction of sp³-hybridized carbons (Fsp3) is 0.533. The summed E-state index contributed by atoms with van der Waals surface area (Å²) in [5.41, 5.74) is 0.768. The molecule has 98 valence electrons.